The fraction of sp³-hybridized carbons (Fsp3) is 0.188. The summed E-state index contributed by atoms with van der Waals surface area (Å²) in [6.07, 6.45) is 5.41. The summed E-state index contributed by atoms with van der Waals surface area (Å²) in [5, 5.41) is 5.83. The number of nitrogens with two attached hydrogens (primary N) is 1. The van der Waals surface area contributed by atoms with Crippen molar-refractivity contribution in [1.29, 1.82) is 0 Å². The molecular weight excluding hydrogens is 354 g/mol. The lowest BCUT2D eigenvalue weighted by Gasteiger charge is -2.07. The zero-order valence-corrected chi connectivity index (χ0v) is 14.6. The van der Waals surface area contributed by atoms with Gasteiger partial charge in [-0.15, -0.1) is 0 Å². The molecule has 0 saturated carbocycles. The Hall–Kier alpha value is -3.11. The van der Waals surface area contributed by atoms with Crippen molar-refractivity contribution in [2.24, 2.45) is 5.73 Å². The predicted octanol–water partition coefficient (Wildman–Crippen LogP) is 1.47. The summed E-state index contributed by atoms with van der Waals surface area (Å²) < 4.78 is 5.83. The Labute approximate surface area is 153 Å². The molecule has 26 heavy (non-hydrogen) atoms. The zero-order valence-electron chi connectivity index (χ0n) is 13.8. The van der Waals surface area contributed by atoms with E-state index in [1.807, 2.05) is 4.57 Å². The maximum Gasteiger partial charge on any atom is 0.257 e. The van der Waals surface area contributed by atoms with Crippen LogP contribution in [0.4, 0.5) is 10.8 Å². The number of amides is 2. The van der Waals surface area contributed by atoms with Crippen molar-refractivity contribution in [2.75, 3.05) is 10.6 Å². The van der Waals surface area contributed by atoms with Gasteiger partial charge in [-0.3, -0.25) is 14.9 Å². The Kier molecular flexibility index (Phi) is 5.66. The minimum atomic E-state index is -0.334. The first kappa shape index (κ1) is 17.7. The van der Waals surface area contributed by atoms with Crippen molar-refractivity contribution >= 4 is 34.2 Å². The maximum absolute atomic E-state index is 12.3. The fourth-order valence-corrected chi connectivity index (χ4v) is 2.76. The van der Waals surface area contributed by atoms with E-state index in [9.17, 15) is 9.59 Å². The van der Waals surface area contributed by atoms with Gasteiger partial charge in [0.25, 0.3) is 5.91 Å². The van der Waals surface area contributed by atoms with Crippen LogP contribution in [0.3, 0.4) is 0 Å². The minimum absolute atomic E-state index is 0.145. The molecule has 2 aromatic heterocycles. The molecule has 0 aliphatic rings. The quantitative estimate of drug-likeness (QED) is 0.577. The highest BCUT2D eigenvalue weighted by atomic mass is 32.1. The van der Waals surface area contributed by atoms with Crippen LogP contribution in [0.25, 0.3) is 0 Å². The second-order valence-electron chi connectivity index (χ2n) is 5.35. The number of nitrogens with one attached hydrogen (secondary N) is 2. The van der Waals surface area contributed by atoms with E-state index in [1.54, 1.807) is 43.0 Å². The van der Waals surface area contributed by atoms with Gasteiger partial charge in [-0.1, -0.05) is 6.07 Å². The van der Waals surface area contributed by atoms with Gasteiger partial charge in [0.1, 0.15) is 0 Å². The molecule has 0 fully saturated rings. The van der Waals surface area contributed by atoms with Crippen LogP contribution >= 0.6 is 11.5 Å². The first-order valence-corrected chi connectivity index (χ1v) is 8.61. The Morgan fingerprint density at radius 2 is 2.15 bits per heavy atom. The number of hydrogen-bond donors (Lipinski definition) is 3. The summed E-state index contributed by atoms with van der Waals surface area (Å²) in [7, 11) is 0. The van der Waals surface area contributed by atoms with E-state index >= 15 is 0 Å². The average molecular weight is 371 g/mol. The molecule has 0 saturated heterocycles. The average Bonchev–Trinajstić information content (AvgIpc) is 3.32. The van der Waals surface area contributed by atoms with Crippen LogP contribution in [-0.2, 0) is 17.9 Å². The number of hydrogen-bond acceptors (Lipinski definition) is 7. The molecule has 4 N–H and O–H groups in total. The normalized spacial score (nSPS) is 10.5. The topological polar surface area (TPSA) is 128 Å². The van der Waals surface area contributed by atoms with Gasteiger partial charge in [0, 0.05) is 48.1 Å². The van der Waals surface area contributed by atoms with Crippen LogP contribution < -0.4 is 16.4 Å². The van der Waals surface area contributed by atoms with Crippen molar-refractivity contribution in [3.8, 4) is 0 Å². The van der Waals surface area contributed by atoms with Crippen molar-refractivity contribution in [3.63, 3.8) is 0 Å². The first-order chi connectivity index (χ1) is 12.6. The van der Waals surface area contributed by atoms with Gasteiger partial charge in [-0.2, -0.15) is 4.37 Å². The van der Waals surface area contributed by atoms with Gasteiger partial charge in [-0.25, -0.2) is 9.97 Å². The van der Waals surface area contributed by atoms with Crippen LogP contribution in [0.1, 0.15) is 22.6 Å². The third-order valence-corrected chi connectivity index (χ3v) is 4.10. The first-order valence-electron chi connectivity index (χ1n) is 7.83. The highest BCUT2D eigenvalue weighted by molar-refractivity contribution is 7.09. The summed E-state index contributed by atoms with van der Waals surface area (Å²) in [5.41, 5.74) is 6.40. The highest BCUT2D eigenvalue weighted by Crippen LogP contribution is 2.15. The van der Waals surface area contributed by atoms with E-state index in [0.29, 0.717) is 35.2 Å². The predicted molar refractivity (Wildman–Crippen MR) is 97.7 cm³/mol. The van der Waals surface area contributed by atoms with Gasteiger partial charge in [0.05, 0.1) is 12.9 Å². The number of aromatic nitrogens is 4. The van der Waals surface area contributed by atoms with E-state index in [-0.39, 0.29) is 18.4 Å². The van der Waals surface area contributed by atoms with E-state index in [0.717, 1.165) is 11.5 Å². The molecule has 134 valence electrons. The lowest BCUT2D eigenvalue weighted by molar-refractivity contribution is -0.116. The summed E-state index contributed by atoms with van der Waals surface area (Å²) in [5.74, 6) is -0.00332. The highest BCUT2D eigenvalue weighted by Gasteiger charge is 2.11. The molecule has 3 aromatic rings. The molecule has 0 unspecified atom stereocenters. The lowest BCUT2D eigenvalue weighted by atomic mass is 10.2. The van der Waals surface area contributed by atoms with Crippen LogP contribution in [0.5, 0.6) is 0 Å². The number of rotatable bonds is 7. The Balaban J connectivity index is 1.58. The van der Waals surface area contributed by atoms with Crippen LogP contribution in [0, 0.1) is 0 Å². The Bertz CT molecular complexity index is 892. The number of imidazole rings is 1. The standard InChI is InChI=1S/C16H17N7O2S/c17-9-13-20-16(26-22-13)21-15(25)11-2-1-3-12(8-11)19-14(24)4-6-23-7-5-18-10-23/h1-3,5,7-8,10H,4,6,9,17H2,(H,19,24)(H,20,21,22,25). The molecule has 0 radical (unpaired) electrons. The van der Waals surface area contributed by atoms with Gasteiger partial charge in [0.2, 0.25) is 11.0 Å². The smallest absolute Gasteiger partial charge is 0.257 e. The zero-order chi connectivity index (χ0) is 18.4. The molecule has 2 heterocycles. The fourth-order valence-electron chi connectivity index (χ4n) is 2.17. The number of benzene rings is 1. The third kappa shape index (κ3) is 4.71. The number of aryl methyl sites for hydroxylation is 1. The molecule has 0 aliphatic heterocycles. The maximum atomic E-state index is 12.3. The van der Waals surface area contributed by atoms with E-state index in [1.165, 1.54) is 0 Å². The minimum Gasteiger partial charge on any atom is -0.337 e. The van der Waals surface area contributed by atoms with Crippen LogP contribution in [0.15, 0.2) is 43.0 Å². The Morgan fingerprint density at radius 3 is 2.88 bits per heavy atom. The van der Waals surface area contributed by atoms with Crippen molar-refractivity contribution < 1.29 is 9.59 Å². The summed E-state index contributed by atoms with van der Waals surface area (Å²) in [6.45, 7) is 0.749. The summed E-state index contributed by atoms with van der Waals surface area (Å²) in [6, 6.07) is 6.69. The molecule has 0 atom stereocenters. The van der Waals surface area contributed by atoms with Gasteiger partial charge in [0.15, 0.2) is 5.82 Å². The largest absolute Gasteiger partial charge is 0.337 e. The summed E-state index contributed by atoms with van der Waals surface area (Å²) >= 11 is 1.07. The molecule has 2 amide bonds. The van der Waals surface area contributed by atoms with Crippen LogP contribution in [-0.4, -0.2) is 30.7 Å². The molecule has 10 heteroatoms. The summed E-state index contributed by atoms with van der Waals surface area (Å²) in [4.78, 5) is 32.4. The molecular formula is C16H17N7O2S. The molecule has 3 rings (SSSR count). The van der Waals surface area contributed by atoms with E-state index < -0.39 is 0 Å². The second-order valence-corrected chi connectivity index (χ2v) is 6.11. The van der Waals surface area contributed by atoms with Gasteiger partial charge < -0.3 is 15.6 Å². The van der Waals surface area contributed by atoms with Crippen molar-refractivity contribution in [3.05, 3.63) is 54.4 Å². The monoisotopic (exact) mass is 371 g/mol. The SMILES string of the molecule is NCc1nsc(NC(=O)c2cccc(NC(=O)CCn3ccnc3)c2)n1. The van der Waals surface area contributed by atoms with Gasteiger partial charge in [-0.05, 0) is 18.2 Å². The second kappa shape index (κ2) is 8.32. The lowest BCUT2D eigenvalue weighted by Crippen LogP contribution is -2.15. The Morgan fingerprint density at radius 1 is 1.27 bits per heavy atom. The molecule has 0 spiro atoms. The number of anilines is 2. The number of carbonyl (C=O) groups excluding carboxylic acids is 2. The molecule has 0 aliphatic carbocycles. The van der Waals surface area contributed by atoms with E-state index in [4.69, 9.17) is 5.73 Å². The third-order valence-electron chi connectivity index (χ3n) is 3.44. The molecule has 0 bridgehead atoms. The van der Waals surface area contributed by atoms with E-state index in [2.05, 4.69) is 25.0 Å². The van der Waals surface area contributed by atoms with Gasteiger partial charge >= 0.3 is 0 Å². The number of nitrogens with zero attached hydrogens (tertiary/aromatic N) is 4. The van der Waals surface area contributed by atoms with Crippen LogP contribution in [0.2, 0.25) is 0 Å². The number of carbonyl (C=O) groups is 2. The molecule has 9 nitrogen and oxygen atoms in total. The van der Waals surface area contributed by atoms with Crippen molar-refractivity contribution in [1.82, 2.24) is 18.9 Å². The molecule has 1 aromatic carbocycles. The van der Waals surface area contributed by atoms with Crippen molar-refractivity contribution in [2.45, 2.75) is 19.5 Å².